The van der Waals surface area contributed by atoms with Crippen LogP contribution in [0.5, 0.6) is 0 Å². The van der Waals surface area contributed by atoms with Gasteiger partial charge in [0.15, 0.2) is 0 Å². The van der Waals surface area contributed by atoms with Crippen molar-refractivity contribution in [1.29, 1.82) is 0 Å². The highest BCUT2D eigenvalue weighted by Gasteiger charge is 2.17. The Kier molecular flexibility index (Phi) is 6.74. The molecule has 2 aromatic heterocycles. The first-order valence-electron chi connectivity index (χ1n) is 10.8. The molecule has 2 amide bonds. The van der Waals surface area contributed by atoms with Gasteiger partial charge in [-0.05, 0) is 55.7 Å². The van der Waals surface area contributed by atoms with Crippen LogP contribution in [0, 0.1) is 13.8 Å². The van der Waals surface area contributed by atoms with Gasteiger partial charge in [0.05, 0.1) is 16.3 Å². The van der Waals surface area contributed by atoms with E-state index in [1.165, 1.54) is 24.5 Å². The minimum absolute atomic E-state index is 0.0205. The van der Waals surface area contributed by atoms with Gasteiger partial charge < -0.3 is 5.32 Å². The number of amides is 2. The number of carbonyl (C=O) groups excluding carboxylic acids is 1. The smallest absolute Gasteiger partial charge is 0.328 e. The van der Waals surface area contributed by atoms with E-state index in [1.54, 1.807) is 0 Å². The van der Waals surface area contributed by atoms with Crippen LogP contribution >= 0.6 is 0 Å². The third kappa shape index (κ3) is 5.15. The highest BCUT2D eigenvalue weighted by molar-refractivity contribution is 7.90. The number of carbonyl (C=O) groups is 1. The van der Waals surface area contributed by atoms with Crippen molar-refractivity contribution in [3.8, 4) is 16.8 Å². The fraction of sp³-hybridized carbons (Fsp3) is 0.160. The Balaban J connectivity index is 1.36. The maximum atomic E-state index is 12.2. The molecule has 4 rings (SSSR count). The van der Waals surface area contributed by atoms with E-state index in [4.69, 9.17) is 5.10 Å². The van der Waals surface area contributed by atoms with Crippen LogP contribution in [-0.2, 0) is 16.4 Å². The third-order valence-electron chi connectivity index (χ3n) is 5.42. The normalized spacial score (nSPS) is 11.2. The Morgan fingerprint density at radius 1 is 0.941 bits per heavy atom. The molecule has 0 spiro atoms. The van der Waals surface area contributed by atoms with E-state index in [9.17, 15) is 13.2 Å². The van der Waals surface area contributed by atoms with Gasteiger partial charge in [-0.15, -0.1) is 0 Å². The molecule has 0 aliphatic rings. The monoisotopic (exact) mass is 475 g/mol. The van der Waals surface area contributed by atoms with E-state index in [2.05, 4.69) is 29.4 Å². The first-order valence-corrected chi connectivity index (χ1v) is 12.2. The molecule has 2 heterocycles. The molecule has 0 unspecified atom stereocenters. The largest absolute Gasteiger partial charge is 0.337 e. The highest BCUT2D eigenvalue weighted by atomic mass is 32.2. The van der Waals surface area contributed by atoms with Gasteiger partial charge in [-0.2, -0.15) is 5.10 Å². The molecule has 174 valence electrons. The number of aryl methyl sites for hydroxylation is 1. The van der Waals surface area contributed by atoms with Crippen molar-refractivity contribution in [2.75, 3.05) is 6.54 Å². The summed E-state index contributed by atoms with van der Waals surface area (Å²) in [5, 5.41) is 7.30. The van der Waals surface area contributed by atoms with Crippen molar-refractivity contribution in [3.05, 3.63) is 96.1 Å². The van der Waals surface area contributed by atoms with Gasteiger partial charge in [0.25, 0.3) is 10.0 Å². The van der Waals surface area contributed by atoms with Crippen LogP contribution in [-0.4, -0.2) is 35.8 Å². The van der Waals surface area contributed by atoms with E-state index in [-0.39, 0.29) is 11.4 Å². The topological polar surface area (TPSA) is 106 Å². The zero-order valence-corrected chi connectivity index (χ0v) is 19.7. The number of aromatic nitrogens is 3. The van der Waals surface area contributed by atoms with Gasteiger partial charge in [0, 0.05) is 30.2 Å². The maximum Gasteiger partial charge on any atom is 0.328 e. The average molecular weight is 476 g/mol. The number of rotatable bonds is 7. The summed E-state index contributed by atoms with van der Waals surface area (Å²) in [7, 11) is -3.93. The number of nitrogens with one attached hydrogen (secondary N) is 2. The van der Waals surface area contributed by atoms with Crippen LogP contribution in [0.1, 0.15) is 17.0 Å². The SMILES string of the molecule is Cc1nn(-c2ccc(CCNC(=O)NS(=O)(=O)c3ccncc3)cc2)c(C)c1-c1ccccc1. The van der Waals surface area contributed by atoms with Crippen molar-refractivity contribution >= 4 is 16.1 Å². The van der Waals surface area contributed by atoms with Crippen LogP contribution in [0.3, 0.4) is 0 Å². The van der Waals surface area contributed by atoms with E-state index < -0.39 is 16.1 Å². The third-order valence-corrected chi connectivity index (χ3v) is 6.77. The van der Waals surface area contributed by atoms with E-state index >= 15 is 0 Å². The molecular weight excluding hydrogens is 450 g/mol. The Morgan fingerprint density at radius 2 is 1.62 bits per heavy atom. The summed E-state index contributed by atoms with van der Waals surface area (Å²) in [6.45, 7) is 4.35. The lowest BCUT2D eigenvalue weighted by molar-refractivity contribution is 0.246. The number of pyridine rings is 1. The van der Waals surface area contributed by atoms with Crippen LogP contribution in [0.2, 0.25) is 0 Å². The summed E-state index contributed by atoms with van der Waals surface area (Å²) in [5.41, 5.74) is 6.23. The van der Waals surface area contributed by atoms with Crippen molar-refractivity contribution in [1.82, 2.24) is 24.8 Å². The second-order valence-electron chi connectivity index (χ2n) is 7.78. The van der Waals surface area contributed by atoms with Gasteiger partial charge in [0.2, 0.25) is 0 Å². The van der Waals surface area contributed by atoms with E-state index in [0.29, 0.717) is 6.42 Å². The minimum atomic E-state index is -3.93. The molecule has 34 heavy (non-hydrogen) atoms. The van der Waals surface area contributed by atoms with Gasteiger partial charge >= 0.3 is 6.03 Å². The first kappa shape index (κ1) is 23.2. The predicted molar refractivity (Wildman–Crippen MR) is 130 cm³/mol. The second kappa shape index (κ2) is 9.88. The number of urea groups is 1. The summed E-state index contributed by atoms with van der Waals surface area (Å²) in [5.74, 6) is 0. The summed E-state index contributed by atoms with van der Waals surface area (Å²) in [6.07, 6.45) is 3.25. The fourth-order valence-corrected chi connectivity index (χ4v) is 4.69. The molecule has 0 atom stereocenters. The van der Waals surface area contributed by atoms with Crippen LogP contribution < -0.4 is 10.0 Å². The summed E-state index contributed by atoms with van der Waals surface area (Å²) in [6, 6.07) is 20.0. The Morgan fingerprint density at radius 3 is 2.29 bits per heavy atom. The van der Waals surface area contributed by atoms with E-state index in [1.807, 2.05) is 58.8 Å². The molecular formula is C25H25N5O3S. The predicted octanol–water partition coefficient (Wildman–Crippen LogP) is 3.78. The van der Waals surface area contributed by atoms with Crippen LogP contribution in [0.15, 0.2) is 84.0 Å². The van der Waals surface area contributed by atoms with Gasteiger partial charge in [0.1, 0.15) is 0 Å². The lowest BCUT2D eigenvalue weighted by Gasteiger charge is -2.09. The number of sulfonamides is 1. The lowest BCUT2D eigenvalue weighted by atomic mass is 10.0. The van der Waals surface area contributed by atoms with Gasteiger partial charge in [-0.1, -0.05) is 42.5 Å². The van der Waals surface area contributed by atoms with Crippen molar-refractivity contribution in [2.24, 2.45) is 0 Å². The molecule has 8 nitrogen and oxygen atoms in total. The highest BCUT2D eigenvalue weighted by Crippen LogP contribution is 2.28. The lowest BCUT2D eigenvalue weighted by Crippen LogP contribution is -2.40. The van der Waals surface area contributed by atoms with Gasteiger partial charge in [-0.25, -0.2) is 22.6 Å². The molecule has 0 saturated carbocycles. The zero-order valence-electron chi connectivity index (χ0n) is 18.9. The number of hydrogen-bond acceptors (Lipinski definition) is 5. The van der Waals surface area contributed by atoms with Crippen molar-refractivity contribution < 1.29 is 13.2 Å². The molecule has 0 bridgehead atoms. The van der Waals surface area contributed by atoms with E-state index in [0.717, 1.165) is 33.8 Å². The quantitative estimate of drug-likeness (QED) is 0.423. The summed E-state index contributed by atoms with van der Waals surface area (Å²) in [4.78, 5) is 15.8. The maximum absolute atomic E-state index is 12.2. The van der Waals surface area contributed by atoms with Crippen molar-refractivity contribution in [2.45, 2.75) is 25.2 Å². The molecule has 9 heteroatoms. The number of benzene rings is 2. The van der Waals surface area contributed by atoms with Crippen LogP contribution in [0.25, 0.3) is 16.8 Å². The second-order valence-corrected chi connectivity index (χ2v) is 9.47. The Bertz CT molecular complexity index is 1380. The summed E-state index contributed by atoms with van der Waals surface area (Å²) >= 11 is 0. The Hall–Kier alpha value is -3.98. The average Bonchev–Trinajstić information content (AvgIpc) is 3.14. The van der Waals surface area contributed by atoms with Crippen LogP contribution in [0.4, 0.5) is 4.79 Å². The zero-order chi connectivity index (χ0) is 24.1. The molecule has 2 aromatic carbocycles. The minimum Gasteiger partial charge on any atom is -0.337 e. The molecule has 0 aliphatic carbocycles. The number of nitrogens with zero attached hydrogens (tertiary/aromatic N) is 3. The standard InChI is InChI=1S/C25H25N5O3S/c1-18-24(21-6-4-3-5-7-21)19(2)30(28-18)22-10-8-20(9-11-22)12-17-27-25(31)29-34(32,33)23-13-15-26-16-14-23/h3-11,13-16H,12,17H2,1-2H3,(H2,27,29,31). The first-order chi connectivity index (χ1) is 16.3. The number of hydrogen-bond donors (Lipinski definition) is 2. The molecule has 0 saturated heterocycles. The molecule has 4 aromatic rings. The van der Waals surface area contributed by atoms with Crippen molar-refractivity contribution in [3.63, 3.8) is 0 Å². The molecule has 0 radical (unpaired) electrons. The molecule has 2 N–H and O–H groups in total. The molecule has 0 fully saturated rings. The fourth-order valence-electron chi connectivity index (χ4n) is 3.78. The summed E-state index contributed by atoms with van der Waals surface area (Å²) < 4.78 is 28.3. The Labute approximate surface area is 198 Å². The molecule has 0 aliphatic heterocycles. The van der Waals surface area contributed by atoms with Gasteiger partial charge in [-0.3, -0.25) is 4.98 Å².